The van der Waals surface area contributed by atoms with Gasteiger partial charge in [0, 0.05) is 13.1 Å². The zero-order valence-electron chi connectivity index (χ0n) is 17.8. The molecule has 32 heavy (non-hydrogen) atoms. The van der Waals surface area contributed by atoms with Crippen molar-refractivity contribution in [2.75, 3.05) is 0 Å². The SMILES string of the molecule is CCCCCCc1cc2c(=O)c(-c3nc4ccccc4n3C)c(C(F)(F)F)oc2cc1O. The summed E-state index contributed by atoms with van der Waals surface area (Å²) in [5, 5.41) is 10.3. The van der Waals surface area contributed by atoms with Crippen LogP contribution in [-0.4, -0.2) is 14.7 Å². The molecule has 0 aliphatic carbocycles. The number of unbranched alkanes of at least 4 members (excludes halogenated alkanes) is 3. The second-order valence-corrected chi connectivity index (χ2v) is 7.90. The van der Waals surface area contributed by atoms with Crippen LogP contribution in [-0.2, 0) is 19.6 Å². The summed E-state index contributed by atoms with van der Waals surface area (Å²) in [6, 6.07) is 9.39. The third kappa shape index (κ3) is 3.85. The van der Waals surface area contributed by atoms with E-state index < -0.39 is 22.9 Å². The van der Waals surface area contributed by atoms with Gasteiger partial charge in [-0.15, -0.1) is 0 Å². The van der Waals surface area contributed by atoms with E-state index in [1.807, 2.05) is 0 Å². The average molecular weight is 444 g/mol. The second kappa shape index (κ2) is 8.33. The van der Waals surface area contributed by atoms with E-state index in [9.17, 15) is 23.1 Å². The molecular weight excluding hydrogens is 421 g/mol. The number of hydrogen-bond acceptors (Lipinski definition) is 4. The summed E-state index contributed by atoms with van der Waals surface area (Å²) in [6.07, 6.45) is -0.548. The molecule has 168 valence electrons. The number of aromatic hydroxyl groups is 1. The quantitative estimate of drug-likeness (QED) is 0.360. The Morgan fingerprint density at radius 2 is 1.88 bits per heavy atom. The number of fused-ring (bicyclic) bond motifs is 2. The fraction of sp³-hybridized carbons (Fsp3) is 0.333. The summed E-state index contributed by atoms with van der Waals surface area (Å²) in [6.45, 7) is 2.08. The van der Waals surface area contributed by atoms with Crippen LogP contribution in [0.3, 0.4) is 0 Å². The topological polar surface area (TPSA) is 68.3 Å². The summed E-state index contributed by atoms with van der Waals surface area (Å²) < 4.78 is 48.4. The molecule has 0 saturated heterocycles. The number of phenolic OH excluding ortho intramolecular Hbond substituents is 1. The molecule has 0 spiro atoms. The zero-order chi connectivity index (χ0) is 23.0. The fourth-order valence-electron chi connectivity index (χ4n) is 3.99. The molecule has 0 aliphatic rings. The summed E-state index contributed by atoms with van der Waals surface area (Å²) in [5.41, 5.74) is -0.188. The van der Waals surface area contributed by atoms with Crippen molar-refractivity contribution in [3.8, 4) is 17.1 Å². The minimum Gasteiger partial charge on any atom is -0.508 e. The smallest absolute Gasteiger partial charge is 0.450 e. The number of benzene rings is 2. The molecule has 0 amide bonds. The first-order chi connectivity index (χ1) is 15.2. The Kier molecular flexibility index (Phi) is 5.71. The molecule has 2 aromatic heterocycles. The van der Waals surface area contributed by atoms with E-state index >= 15 is 0 Å². The van der Waals surface area contributed by atoms with Crippen LogP contribution in [0, 0.1) is 0 Å². The van der Waals surface area contributed by atoms with Crippen LogP contribution < -0.4 is 5.43 Å². The van der Waals surface area contributed by atoms with E-state index in [1.165, 1.54) is 10.6 Å². The highest BCUT2D eigenvalue weighted by Crippen LogP contribution is 2.38. The lowest BCUT2D eigenvalue weighted by Gasteiger charge is -2.14. The van der Waals surface area contributed by atoms with Gasteiger partial charge in [0.2, 0.25) is 11.2 Å². The summed E-state index contributed by atoms with van der Waals surface area (Å²) >= 11 is 0. The van der Waals surface area contributed by atoms with E-state index in [0.29, 0.717) is 23.0 Å². The minimum absolute atomic E-state index is 0.0108. The van der Waals surface area contributed by atoms with E-state index in [-0.39, 0.29) is 22.5 Å². The van der Waals surface area contributed by atoms with Crippen molar-refractivity contribution in [1.29, 1.82) is 0 Å². The minimum atomic E-state index is -4.92. The molecule has 2 heterocycles. The van der Waals surface area contributed by atoms with Gasteiger partial charge in [-0.05, 0) is 36.6 Å². The van der Waals surface area contributed by atoms with Crippen LogP contribution >= 0.6 is 0 Å². The van der Waals surface area contributed by atoms with Gasteiger partial charge in [0.05, 0.1) is 16.4 Å². The van der Waals surface area contributed by atoms with Gasteiger partial charge in [-0.2, -0.15) is 13.2 Å². The van der Waals surface area contributed by atoms with Gasteiger partial charge in [0.25, 0.3) is 0 Å². The van der Waals surface area contributed by atoms with Crippen LogP contribution in [0.2, 0.25) is 0 Å². The maximum absolute atomic E-state index is 13.9. The highest BCUT2D eigenvalue weighted by atomic mass is 19.4. The Morgan fingerprint density at radius 3 is 2.56 bits per heavy atom. The molecule has 5 nitrogen and oxygen atoms in total. The number of alkyl halides is 3. The number of aryl methyl sites for hydroxylation is 2. The van der Waals surface area contributed by atoms with Crippen molar-refractivity contribution in [2.45, 2.75) is 45.2 Å². The molecule has 0 fully saturated rings. The Morgan fingerprint density at radius 1 is 1.12 bits per heavy atom. The molecule has 0 bridgehead atoms. The van der Waals surface area contributed by atoms with E-state index in [2.05, 4.69) is 11.9 Å². The van der Waals surface area contributed by atoms with Crippen molar-refractivity contribution < 1.29 is 22.7 Å². The molecule has 4 rings (SSSR count). The fourth-order valence-corrected chi connectivity index (χ4v) is 3.99. The maximum atomic E-state index is 13.9. The summed E-state index contributed by atoms with van der Waals surface area (Å²) in [4.78, 5) is 17.7. The zero-order valence-corrected chi connectivity index (χ0v) is 17.8. The normalized spacial score (nSPS) is 12.2. The summed E-state index contributed by atoms with van der Waals surface area (Å²) in [7, 11) is 1.56. The maximum Gasteiger partial charge on any atom is 0.450 e. The first-order valence-corrected chi connectivity index (χ1v) is 10.5. The number of rotatable bonds is 6. The lowest BCUT2D eigenvalue weighted by molar-refractivity contribution is -0.152. The first-order valence-electron chi connectivity index (χ1n) is 10.5. The Labute approximate surface area is 182 Å². The predicted molar refractivity (Wildman–Crippen MR) is 117 cm³/mol. The number of halogens is 3. The molecule has 0 atom stereocenters. The number of aromatic nitrogens is 2. The van der Waals surface area contributed by atoms with Crippen LogP contribution in [0.15, 0.2) is 45.6 Å². The van der Waals surface area contributed by atoms with Gasteiger partial charge >= 0.3 is 6.18 Å². The van der Waals surface area contributed by atoms with Gasteiger partial charge in [-0.25, -0.2) is 4.98 Å². The van der Waals surface area contributed by atoms with Crippen LogP contribution in [0.4, 0.5) is 13.2 Å². The summed E-state index contributed by atoms with van der Waals surface area (Å²) in [5.74, 6) is -1.73. The lowest BCUT2D eigenvalue weighted by Crippen LogP contribution is -2.18. The lowest BCUT2D eigenvalue weighted by atomic mass is 10.0. The first kappa shape index (κ1) is 21.9. The van der Waals surface area contributed by atoms with Gasteiger partial charge in [-0.3, -0.25) is 4.79 Å². The van der Waals surface area contributed by atoms with E-state index in [1.54, 1.807) is 31.3 Å². The van der Waals surface area contributed by atoms with Gasteiger partial charge < -0.3 is 14.1 Å². The molecule has 8 heteroatoms. The number of hydrogen-bond donors (Lipinski definition) is 1. The van der Waals surface area contributed by atoms with E-state index in [0.717, 1.165) is 31.7 Å². The number of imidazole rings is 1. The Balaban J connectivity index is 1.96. The standard InChI is InChI=1S/C24H23F3N2O3/c1-3-4-5-6-9-14-12-15-19(13-18(14)30)32-22(24(25,26)27)20(21(15)31)23-28-16-10-7-8-11-17(16)29(23)2/h7-8,10-13,30H,3-6,9H2,1-2H3. The number of nitrogens with zero attached hydrogens (tertiary/aromatic N) is 2. The largest absolute Gasteiger partial charge is 0.508 e. The molecule has 1 N–H and O–H groups in total. The number of para-hydroxylation sites is 2. The molecule has 0 unspecified atom stereocenters. The van der Waals surface area contributed by atoms with Crippen LogP contribution in [0.1, 0.15) is 43.9 Å². The number of phenols is 1. The van der Waals surface area contributed by atoms with Gasteiger partial charge in [0.15, 0.2) is 0 Å². The third-order valence-electron chi connectivity index (χ3n) is 5.66. The van der Waals surface area contributed by atoms with Crippen LogP contribution in [0.5, 0.6) is 5.75 Å². The second-order valence-electron chi connectivity index (χ2n) is 7.90. The van der Waals surface area contributed by atoms with Crippen molar-refractivity contribution in [3.05, 3.63) is 57.9 Å². The Hall–Kier alpha value is -3.29. The predicted octanol–water partition coefficient (Wildman–Crippen LogP) is 6.19. The van der Waals surface area contributed by atoms with Gasteiger partial charge in [-0.1, -0.05) is 38.3 Å². The van der Waals surface area contributed by atoms with Gasteiger partial charge in [0.1, 0.15) is 22.7 Å². The highest BCUT2D eigenvalue weighted by Gasteiger charge is 2.40. The van der Waals surface area contributed by atoms with Crippen molar-refractivity contribution in [2.24, 2.45) is 7.05 Å². The molecule has 0 aliphatic heterocycles. The average Bonchev–Trinajstić information content (AvgIpc) is 3.07. The van der Waals surface area contributed by atoms with Crippen LogP contribution in [0.25, 0.3) is 33.4 Å². The molecule has 0 saturated carbocycles. The van der Waals surface area contributed by atoms with Crippen molar-refractivity contribution >= 4 is 22.0 Å². The molecular formula is C24H23F3N2O3. The monoisotopic (exact) mass is 444 g/mol. The third-order valence-corrected chi connectivity index (χ3v) is 5.66. The van der Waals surface area contributed by atoms with Crippen molar-refractivity contribution in [1.82, 2.24) is 9.55 Å². The van der Waals surface area contributed by atoms with Crippen molar-refractivity contribution in [3.63, 3.8) is 0 Å². The Bertz CT molecular complexity index is 1350. The molecule has 0 radical (unpaired) electrons. The molecule has 4 aromatic rings. The van der Waals surface area contributed by atoms with E-state index in [4.69, 9.17) is 4.42 Å². The highest BCUT2D eigenvalue weighted by molar-refractivity contribution is 5.86. The molecule has 2 aromatic carbocycles.